The first-order chi connectivity index (χ1) is 8.48. The van der Waals surface area contributed by atoms with E-state index in [9.17, 15) is 0 Å². The van der Waals surface area contributed by atoms with E-state index in [1.54, 1.807) is 0 Å². The van der Waals surface area contributed by atoms with Gasteiger partial charge in [-0.25, -0.2) is 0 Å². The molecule has 0 bridgehead atoms. The number of hydrogen-bond acceptors (Lipinski definition) is 2. The van der Waals surface area contributed by atoms with Gasteiger partial charge in [-0.1, -0.05) is 20.8 Å². The van der Waals surface area contributed by atoms with Crippen LogP contribution in [0.25, 0.3) is 0 Å². The van der Waals surface area contributed by atoms with E-state index in [1.165, 1.54) is 45.2 Å². The van der Waals surface area contributed by atoms with Crippen molar-refractivity contribution in [2.45, 2.75) is 78.3 Å². The van der Waals surface area contributed by atoms with Gasteiger partial charge >= 0.3 is 0 Å². The highest BCUT2D eigenvalue weighted by molar-refractivity contribution is 4.95. The number of nitrogens with zero attached hydrogens (tertiary/aromatic N) is 1. The van der Waals surface area contributed by atoms with Crippen molar-refractivity contribution in [3.8, 4) is 0 Å². The second kappa shape index (κ2) is 7.49. The minimum Gasteiger partial charge on any atom is -0.312 e. The van der Waals surface area contributed by atoms with Gasteiger partial charge in [-0.2, -0.15) is 0 Å². The molecule has 0 saturated carbocycles. The normalized spacial score (nSPS) is 19.7. The average Bonchev–Trinajstić information content (AvgIpc) is 2.82. The molecule has 0 spiro atoms. The molecule has 0 aromatic heterocycles. The summed E-state index contributed by atoms with van der Waals surface area (Å²) in [4.78, 5) is 2.70. The van der Waals surface area contributed by atoms with Gasteiger partial charge < -0.3 is 5.32 Å². The molecule has 1 saturated heterocycles. The minimum absolute atomic E-state index is 0.306. The van der Waals surface area contributed by atoms with Crippen LogP contribution < -0.4 is 5.32 Å². The maximum Gasteiger partial charge on any atom is 0.0306 e. The van der Waals surface area contributed by atoms with Crippen LogP contribution in [0.4, 0.5) is 0 Å². The summed E-state index contributed by atoms with van der Waals surface area (Å²) in [6.07, 6.45) is 6.64. The Labute approximate surface area is 115 Å². The third-order valence-electron chi connectivity index (χ3n) is 4.45. The molecule has 1 heterocycles. The van der Waals surface area contributed by atoms with Gasteiger partial charge in [-0.3, -0.25) is 4.90 Å². The summed E-state index contributed by atoms with van der Waals surface area (Å²) in [5.41, 5.74) is 0.306. The van der Waals surface area contributed by atoms with Crippen molar-refractivity contribution in [1.29, 1.82) is 0 Å². The summed E-state index contributed by atoms with van der Waals surface area (Å²) in [6.45, 7) is 15.5. The lowest BCUT2D eigenvalue weighted by Gasteiger charge is -2.43. The Hall–Kier alpha value is -0.0800. The van der Waals surface area contributed by atoms with Crippen LogP contribution in [0.5, 0.6) is 0 Å². The molecule has 2 nitrogen and oxygen atoms in total. The lowest BCUT2D eigenvalue weighted by molar-refractivity contribution is 0.0995. The number of hydrogen-bond donors (Lipinski definition) is 1. The van der Waals surface area contributed by atoms with Gasteiger partial charge in [0.2, 0.25) is 0 Å². The smallest absolute Gasteiger partial charge is 0.0306 e. The van der Waals surface area contributed by atoms with Crippen molar-refractivity contribution < 1.29 is 0 Å². The molecule has 0 amide bonds. The molecule has 1 atom stereocenters. The van der Waals surface area contributed by atoms with Crippen molar-refractivity contribution in [3.63, 3.8) is 0 Å². The zero-order chi connectivity index (χ0) is 13.6. The Morgan fingerprint density at radius 1 is 1.11 bits per heavy atom. The average molecular weight is 254 g/mol. The fraction of sp³-hybridized carbons (Fsp3) is 1.00. The third-order valence-corrected chi connectivity index (χ3v) is 4.45. The largest absolute Gasteiger partial charge is 0.312 e. The molecule has 0 radical (unpaired) electrons. The Balaban J connectivity index is 2.59. The number of nitrogens with one attached hydrogen (secondary N) is 1. The topological polar surface area (TPSA) is 15.3 Å². The van der Waals surface area contributed by atoms with E-state index >= 15 is 0 Å². The standard InChI is InChI=1S/C16H34N2/c1-6-11-17-15(10-9-14(2)3)16(4,5)18-12-7-8-13-18/h14-15,17H,6-13H2,1-5H3. The summed E-state index contributed by atoms with van der Waals surface area (Å²) in [6, 6.07) is 0.637. The fourth-order valence-electron chi connectivity index (χ4n) is 3.04. The predicted octanol–water partition coefficient (Wildman–Crippen LogP) is 3.67. The van der Waals surface area contributed by atoms with Crippen LogP contribution in [0.2, 0.25) is 0 Å². The van der Waals surface area contributed by atoms with Crippen LogP contribution >= 0.6 is 0 Å². The van der Waals surface area contributed by atoms with E-state index in [-0.39, 0.29) is 0 Å². The third kappa shape index (κ3) is 4.55. The first-order valence-electron chi connectivity index (χ1n) is 7.97. The van der Waals surface area contributed by atoms with Crippen LogP contribution in [-0.4, -0.2) is 36.1 Å². The molecular weight excluding hydrogens is 220 g/mol. The second-order valence-corrected chi connectivity index (χ2v) is 6.83. The number of likely N-dealkylation sites (tertiary alicyclic amines) is 1. The predicted molar refractivity (Wildman–Crippen MR) is 81.0 cm³/mol. The lowest BCUT2D eigenvalue weighted by Crippen LogP contribution is -2.57. The van der Waals surface area contributed by atoms with Crippen molar-refractivity contribution in [2.75, 3.05) is 19.6 Å². The van der Waals surface area contributed by atoms with E-state index in [0.29, 0.717) is 11.6 Å². The molecule has 0 aliphatic carbocycles. The highest BCUT2D eigenvalue weighted by Crippen LogP contribution is 2.27. The number of rotatable bonds is 8. The molecule has 1 N–H and O–H groups in total. The molecule has 1 aliphatic rings. The summed E-state index contributed by atoms with van der Waals surface area (Å²) in [7, 11) is 0. The monoisotopic (exact) mass is 254 g/mol. The van der Waals surface area contributed by atoms with Gasteiger partial charge in [-0.15, -0.1) is 0 Å². The highest BCUT2D eigenvalue weighted by atomic mass is 15.2. The quantitative estimate of drug-likeness (QED) is 0.711. The van der Waals surface area contributed by atoms with E-state index < -0.39 is 0 Å². The van der Waals surface area contributed by atoms with E-state index in [4.69, 9.17) is 0 Å². The SMILES string of the molecule is CCCNC(CCC(C)C)C(C)(C)N1CCCC1. The van der Waals surface area contributed by atoms with Gasteiger partial charge in [0, 0.05) is 11.6 Å². The molecule has 18 heavy (non-hydrogen) atoms. The molecular formula is C16H34N2. The summed E-state index contributed by atoms with van der Waals surface area (Å²) in [5.74, 6) is 0.810. The van der Waals surface area contributed by atoms with Crippen LogP contribution in [0.15, 0.2) is 0 Å². The second-order valence-electron chi connectivity index (χ2n) is 6.83. The maximum absolute atomic E-state index is 3.80. The molecule has 1 rings (SSSR count). The molecule has 0 aromatic rings. The molecule has 0 aromatic carbocycles. The Morgan fingerprint density at radius 2 is 1.72 bits per heavy atom. The molecule has 2 heteroatoms. The van der Waals surface area contributed by atoms with Gasteiger partial charge in [0.05, 0.1) is 0 Å². The fourth-order valence-corrected chi connectivity index (χ4v) is 3.04. The zero-order valence-corrected chi connectivity index (χ0v) is 13.3. The summed E-state index contributed by atoms with van der Waals surface area (Å²) in [5, 5.41) is 3.80. The van der Waals surface area contributed by atoms with Gasteiger partial charge in [0.25, 0.3) is 0 Å². The van der Waals surface area contributed by atoms with Crippen LogP contribution in [0.1, 0.15) is 66.7 Å². The van der Waals surface area contributed by atoms with Crippen LogP contribution in [0.3, 0.4) is 0 Å². The van der Waals surface area contributed by atoms with Crippen molar-refractivity contribution >= 4 is 0 Å². The van der Waals surface area contributed by atoms with Crippen molar-refractivity contribution in [1.82, 2.24) is 10.2 Å². The van der Waals surface area contributed by atoms with Crippen molar-refractivity contribution in [2.24, 2.45) is 5.92 Å². The van der Waals surface area contributed by atoms with Crippen LogP contribution in [-0.2, 0) is 0 Å². The molecule has 108 valence electrons. The van der Waals surface area contributed by atoms with E-state index in [1.807, 2.05) is 0 Å². The van der Waals surface area contributed by atoms with Gasteiger partial charge in [0.1, 0.15) is 0 Å². The van der Waals surface area contributed by atoms with Crippen molar-refractivity contribution in [3.05, 3.63) is 0 Å². The van der Waals surface area contributed by atoms with Gasteiger partial charge in [-0.05, 0) is 71.5 Å². The molecule has 1 fully saturated rings. The highest BCUT2D eigenvalue weighted by Gasteiger charge is 2.35. The first-order valence-corrected chi connectivity index (χ1v) is 7.97. The maximum atomic E-state index is 3.80. The van der Waals surface area contributed by atoms with E-state index in [0.717, 1.165) is 12.5 Å². The summed E-state index contributed by atoms with van der Waals surface area (Å²) < 4.78 is 0. The summed E-state index contributed by atoms with van der Waals surface area (Å²) >= 11 is 0. The Bertz CT molecular complexity index is 217. The molecule has 1 unspecified atom stereocenters. The lowest BCUT2D eigenvalue weighted by atomic mass is 9.87. The van der Waals surface area contributed by atoms with E-state index in [2.05, 4.69) is 44.8 Å². The molecule has 1 aliphatic heterocycles. The first kappa shape index (κ1) is 16.0. The zero-order valence-electron chi connectivity index (χ0n) is 13.3. The Morgan fingerprint density at radius 3 is 2.22 bits per heavy atom. The van der Waals surface area contributed by atoms with Gasteiger partial charge in [0.15, 0.2) is 0 Å². The van der Waals surface area contributed by atoms with Crippen LogP contribution in [0, 0.1) is 5.92 Å². The Kier molecular flexibility index (Phi) is 6.65. The minimum atomic E-state index is 0.306.